The summed E-state index contributed by atoms with van der Waals surface area (Å²) in [5, 5.41) is 31.0. The van der Waals surface area contributed by atoms with Gasteiger partial charge in [-0.15, -0.1) is 27.1 Å². The molecule has 10 heteroatoms. The van der Waals surface area contributed by atoms with Gasteiger partial charge >= 0.3 is 0 Å². The second-order valence-corrected chi connectivity index (χ2v) is 10.2. The van der Waals surface area contributed by atoms with Crippen LogP contribution in [-0.4, -0.2) is 67.0 Å². The van der Waals surface area contributed by atoms with Crippen molar-refractivity contribution in [3.63, 3.8) is 0 Å². The standard InChI is InChI=1S/C25H28FN7OS/c1-35-23-10-15(12-28-31-23)14-5-8-18(21(34)9-14)25-27-13-22(30-32-25)33(17-6-7-17)20-11-16-3-2-4-19(29-16)24(20)26/h5,8-10,12-13,16-17,19-20,24,29,34H,2-4,6-7,11H2,1H3/t16-,19-,20-,24+/m0/s1/i1D3. The summed E-state index contributed by atoms with van der Waals surface area (Å²) in [4.78, 5) is 6.58. The molecular formula is C25H28FN7OS. The first-order chi connectivity index (χ1) is 18.2. The molecule has 3 aromatic rings. The first-order valence-corrected chi connectivity index (χ1v) is 12.8. The Morgan fingerprint density at radius 1 is 1.11 bits per heavy atom. The van der Waals surface area contributed by atoms with Crippen molar-refractivity contribution in [2.75, 3.05) is 11.1 Å². The molecule has 6 rings (SSSR count). The van der Waals surface area contributed by atoms with Gasteiger partial charge < -0.3 is 15.3 Å². The molecule has 2 saturated heterocycles. The van der Waals surface area contributed by atoms with Gasteiger partial charge in [0.2, 0.25) is 0 Å². The summed E-state index contributed by atoms with van der Waals surface area (Å²) in [6.45, 7) is 0. The number of aromatic nitrogens is 5. The fourth-order valence-electron chi connectivity index (χ4n) is 5.39. The summed E-state index contributed by atoms with van der Waals surface area (Å²) >= 11 is 0.643. The maximum Gasteiger partial charge on any atom is 0.185 e. The molecule has 4 atom stereocenters. The molecule has 2 aliphatic heterocycles. The summed E-state index contributed by atoms with van der Waals surface area (Å²) in [6.07, 6.45) is 5.70. The highest BCUT2D eigenvalue weighted by Crippen LogP contribution is 2.39. The van der Waals surface area contributed by atoms with Crippen LogP contribution in [0, 0.1) is 0 Å². The number of phenolic OH excluding ortho intramolecular Hbond substituents is 1. The van der Waals surface area contributed by atoms with Gasteiger partial charge in [0, 0.05) is 27.8 Å². The van der Waals surface area contributed by atoms with Crippen molar-refractivity contribution in [2.24, 2.45) is 0 Å². The number of piperidine rings is 2. The number of phenols is 1. The first kappa shape index (κ1) is 19.4. The summed E-state index contributed by atoms with van der Waals surface area (Å²) in [5.41, 5.74) is 1.67. The SMILES string of the molecule is [2H]C([2H])([2H])Sc1cc(-c2ccc(-c3ncc(N(C4CC4)[C@H]4C[C@@H]5CCC[C@H](N5)[C@H]4F)nn3)c(O)c2)cnn1. The van der Waals surface area contributed by atoms with E-state index >= 15 is 4.39 Å². The van der Waals surface area contributed by atoms with Crippen molar-refractivity contribution >= 4 is 17.6 Å². The van der Waals surface area contributed by atoms with Crippen LogP contribution in [0.1, 0.15) is 42.6 Å². The van der Waals surface area contributed by atoms with Gasteiger partial charge in [0.15, 0.2) is 11.6 Å². The lowest BCUT2D eigenvalue weighted by molar-refractivity contribution is 0.104. The highest BCUT2D eigenvalue weighted by atomic mass is 32.2. The van der Waals surface area contributed by atoms with E-state index in [0.717, 1.165) is 38.5 Å². The fraction of sp³-hybridized carbons (Fsp3) is 0.480. The molecule has 4 heterocycles. The number of thioether (sulfide) groups is 1. The number of nitrogens with zero attached hydrogens (tertiary/aromatic N) is 6. The van der Waals surface area contributed by atoms with Crippen molar-refractivity contribution in [3.8, 4) is 28.3 Å². The van der Waals surface area contributed by atoms with E-state index in [1.165, 1.54) is 6.20 Å². The Morgan fingerprint density at radius 2 is 2.03 bits per heavy atom. The van der Waals surface area contributed by atoms with E-state index in [2.05, 4.69) is 35.6 Å². The van der Waals surface area contributed by atoms with Crippen LogP contribution in [-0.2, 0) is 0 Å². The van der Waals surface area contributed by atoms with Crippen LogP contribution >= 0.6 is 11.8 Å². The van der Waals surface area contributed by atoms with Crippen LogP contribution in [0.2, 0.25) is 0 Å². The molecule has 3 fully saturated rings. The van der Waals surface area contributed by atoms with Crippen LogP contribution in [0.5, 0.6) is 5.75 Å². The Morgan fingerprint density at radius 3 is 2.80 bits per heavy atom. The molecule has 0 amide bonds. The van der Waals surface area contributed by atoms with Gasteiger partial charge in [-0.2, -0.15) is 5.10 Å². The molecule has 2 aromatic heterocycles. The molecule has 182 valence electrons. The van der Waals surface area contributed by atoms with E-state index < -0.39 is 12.4 Å². The van der Waals surface area contributed by atoms with Gasteiger partial charge in [-0.3, -0.25) is 0 Å². The molecule has 3 aliphatic rings. The average molecular weight is 497 g/mol. The molecule has 0 unspecified atom stereocenters. The third-order valence-corrected chi connectivity index (χ3v) is 7.62. The normalized spacial score (nSPS) is 27.5. The first-order valence-electron chi connectivity index (χ1n) is 13.5. The topological polar surface area (TPSA) is 100.0 Å². The number of benzene rings is 1. The third-order valence-electron chi connectivity index (χ3n) is 7.22. The van der Waals surface area contributed by atoms with Crippen LogP contribution in [0.25, 0.3) is 22.5 Å². The van der Waals surface area contributed by atoms with Crippen LogP contribution in [0.15, 0.2) is 41.7 Å². The van der Waals surface area contributed by atoms with E-state index in [0.29, 0.717) is 40.3 Å². The smallest absolute Gasteiger partial charge is 0.185 e. The Bertz CT molecular complexity index is 1310. The van der Waals surface area contributed by atoms with Crippen molar-refractivity contribution in [1.82, 2.24) is 30.7 Å². The van der Waals surface area contributed by atoms with Gasteiger partial charge in [0.25, 0.3) is 0 Å². The molecule has 1 aliphatic carbocycles. The third kappa shape index (κ3) is 4.45. The van der Waals surface area contributed by atoms with Crippen LogP contribution in [0.3, 0.4) is 0 Å². The highest BCUT2D eigenvalue weighted by Gasteiger charge is 2.46. The molecule has 2 bridgehead atoms. The summed E-state index contributed by atoms with van der Waals surface area (Å²) < 4.78 is 37.7. The number of anilines is 1. The van der Waals surface area contributed by atoms with Crippen molar-refractivity contribution < 1.29 is 13.6 Å². The maximum atomic E-state index is 15.5. The molecule has 8 nitrogen and oxygen atoms in total. The maximum absolute atomic E-state index is 15.5. The molecule has 1 aromatic carbocycles. The number of aromatic hydroxyl groups is 1. The van der Waals surface area contributed by atoms with Gasteiger partial charge in [0.1, 0.15) is 16.9 Å². The van der Waals surface area contributed by atoms with Gasteiger partial charge in [-0.1, -0.05) is 12.5 Å². The van der Waals surface area contributed by atoms with E-state index in [-0.39, 0.29) is 34.7 Å². The zero-order valence-corrected chi connectivity index (χ0v) is 19.8. The minimum Gasteiger partial charge on any atom is -0.507 e. The molecule has 35 heavy (non-hydrogen) atoms. The number of fused-ring (bicyclic) bond motifs is 2. The van der Waals surface area contributed by atoms with E-state index in [4.69, 9.17) is 4.11 Å². The van der Waals surface area contributed by atoms with Crippen LogP contribution in [0.4, 0.5) is 10.2 Å². The number of halogens is 1. The largest absolute Gasteiger partial charge is 0.507 e. The zero-order chi connectivity index (χ0) is 26.4. The van der Waals surface area contributed by atoms with E-state index in [9.17, 15) is 5.11 Å². The molecule has 1 saturated carbocycles. The number of hydrogen-bond donors (Lipinski definition) is 2. The number of nitrogens with one attached hydrogen (secondary N) is 1. The second kappa shape index (κ2) is 9.31. The summed E-state index contributed by atoms with van der Waals surface area (Å²) in [7, 11) is 0. The quantitative estimate of drug-likeness (QED) is 0.490. The number of hydrogen-bond acceptors (Lipinski definition) is 9. The number of rotatable bonds is 6. The lowest BCUT2D eigenvalue weighted by atomic mass is 9.82. The predicted octanol–water partition coefficient (Wildman–Crippen LogP) is 4.01. The molecule has 0 radical (unpaired) electrons. The van der Waals surface area contributed by atoms with Gasteiger partial charge in [-0.25, -0.2) is 9.37 Å². The lowest BCUT2D eigenvalue weighted by Crippen LogP contribution is -2.62. The van der Waals surface area contributed by atoms with E-state index in [1.807, 2.05) is 0 Å². The van der Waals surface area contributed by atoms with Crippen LogP contribution < -0.4 is 10.2 Å². The Hall–Kier alpha value is -2.85. The van der Waals surface area contributed by atoms with Crippen molar-refractivity contribution in [1.29, 1.82) is 0 Å². The Kier molecular flexibility index (Phi) is 5.15. The van der Waals surface area contributed by atoms with Crippen molar-refractivity contribution in [2.45, 2.75) is 73.9 Å². The highest BCUT2D eigenvalue weighted by molar-refractivity contribution is 7.98. The minimum atomic E-state index is -2.23. The molecular weight excluding hydrogens is 465 g/mol. The van der Waals surface area contributed by atoms with Gasteiger partial charge in [-0.05, 0) is 62.1 Å². The average Bonchev–Trinajstić information content (AvgIpc) is 3.72. The molecule has 2 N–H and O–H groups in total. The minimum absolute atomic E-state index is 0.0482. The van der Waals surface area contributed by atoms with Crippen molar-refractivity contribution in [3.05, 3.63) is 36.7 Å². The Balaban J connectivity index is 1.23. The number of alkyl halides is 1. The summed E-state index contributed by atoms with van der Waals surface area (Å²) in [6, 6.07) is 6.86. The predicted molar refractivity (Wildman–Crippen MR) is 133 cm³/mol. The summed E-state index contributed by atoms with van der Waals surface area (Å²) in [5.74, 6) is 0.786. The fourth-order valence-corrected chi connectivity index (χ4v) is 5.67. The second-order valence-electron chi connectivity index (χ2n) is 9.54. The molecule has 0 spiro atoms. The Labute approximate surface area is 212 Å². The van der Waals surface area contributed by atoms with Gasteiger partial charge in [0.05, 0.1) is 24.0 Å². The van der Waals surface area contributed by atoms with E-state index in [1.54, 1.807) is 30.5 Å². The lowest BCUT2D eigenvalue weighted by Gasteiger charge is -2.47. The zero-order valence-electron chi connectivity index (χ0n) is 22.0. The monoisotopic (exact) mass is 496 g/mol.